The molecule has 0 saturated carbocycles. The number of hydrogen-bond acceptors (Lipinski definition) is 3. The molecule has 108 valence electrons. The van der Waals surface area contributed by atoms with Crippen LogP contribution in [0.25, 0.3) is 0 Å². The van der Waals surface area contributed by atoms with E-state index in [0.717, 1.165) is 30.1 Å². The zero-order valence-corrected chi connectivity index (χ0v) is 12.4. The second-order valence-corrected chi connectivity index (χ2v) is 5.82. The van der Waals surface area contributed by atoms with Crippen molar-refractivity contribution in [3.63, 3.8) is 0 Å². The summed E-state index contributed by atoms with van der Waals surface area (Å²) in [4.78, 5) is 2.57. The maximum Gasteiger partial charge on any atom is 0.0995 e. The highest BCUT2D eigenvalue weighted by atomic mass is 15.1. The van der Waals surface area contributed by atoms with Crippen LogP contribution in [-0.2, 0) is 6.54 Å². The van der Waals surface area contributed by atoms with Crippen molar-refractivity contribution < 1.29 is 0 Å². The van der Waals surface area contributed by atoms with E-state index in [2.05, 4.69) is 23.2 Å². The molecule has 0 unspecified atom stereocenters. The summed E-state index contributed by atoms with van der Waals surface area (Å²) in [6.07, 6.45) is 3.88. The zero-order valence-electron chi connectivity index (χ0n) is 12.4. The Morgan fingerprint density at radius 2 is 2.05 bits per heavy atom. The Hall–Kier alpha value is -1.37. The minimum Gasteiger partial charge on any atom is -0.313 e. The van der Waals surface area contributed by atoms with E-state index in [0.29, 0.717) is 0 Å². The molecule has 0 bridgehead atoms. The minimum atomic E-state index is 0.782. The van der Waals surface area contributed by atoms with E-state index in [1.54, 1.807) is 0 Å². The number of piperidine rings is 1. The lowest BCUT2D eigenvalue weighted by atomic mass is 9.99. The van der Waals surface area contributed by atoms with Gasteiger partial charge in [0.15, 0.2) is 0 Å². The van der Waals surface area contributed by atoms with Crippen molar-refractivity contribution >= 4 is 0 Å². The van der Waals surface area contributed by atoms with Crippen LogP contribution in [0, 0.1) is 17.2 Å². The number of likely N-dealkylation sites (tertiary alicyclic amines) is 1. The molecule has 1 N–H and O–H groups in total. The monoisotopic (exact) mass is 271 g/mol. The molecular weight excluding hydrogens is 246 g/mol. The molecule has 1 aromatic carbocycles. The van der Waals surface area contributed by atoms with Crippen LogP contribution in [0.15, 0.2) is 24.3 Å². The summed E-state index contributed by atoms with van der Waals surface area (Å²) in [5.41, 5.74) is 1.88. The van der Waals surface area contributed by atoms with Crippen molar-refractivity contribution in [2.75, 3.05) is 26.2 Å². The molecular formula is C17H25N3. The van der Waals surface area contributed by atoms with E-state index in [9.17, 15) is 0 Å². The quantitative estimate of drug-likeness (QED) is 0.809. The Bertz CT molecular complexity index is 442. The maximum atomic E-state index is 9.03. The summed E-state index contributed by atoms with van der Waals surface area (Å²) in [6.45, 7) is 7.88. The van der Waals surface area contributed by atoms with E-state index in [4.69, 9.17) is 5.26 Å². The maximum absolute atomic E-state index is 9.03. The van der Waals surface area contributed by atoms with Crippen LogP contribution in [-0.4, -0.2) is 31.1 Å². The van der Waals surface area contributed by atoms with E-state index in [1.165, 1.54) is 38.9 Å². The van der Waals surface area contributed by atoms with E-state index >= 15 is 0 Å². The molecule has 2 rings (SSSR count). The highest BCUT2D eigenvalue weighted by Crippen LogP contribution is 2.15. The number of rotatable bonds is 6. The van der Waals surface area contributed by atoms with Gasteiger partial charge in [-0.05, 0) is 63.0 Å². The van der Waals surface area contributed by atoms with Crippen LogP contribution in [0.4, 0.5) is 0 Å². The van der Waals surface area contributed by atoms with Gasteiger partial charge in [0.2, 0.25) is 0 Å². The summed E-state index contributed by atoms with van der Waals surface area (Å²) in [6, 6.07) is 10.1. The van der Waals surface area contributed by atoms with Gasteiger partial charge in [0.25, 0.3) is 0 Å². The molecule has 0 aliphatic carbocycles. The highest BCUT2D eigenvalue weighted by molar-refractivity contribution is 5.37. The third kappa shape index (κ3) is 4.63. The molecule has 1 aliphatic rings. The van der Waals surface area contributed by atoms with Crippen molar-refractivity contribution in [3.8, 4) is 6.07 Å². The fourth-order valence-corrected chi connectivity index (χ4v) is 2.72. The zero-order chi connectivity index (χ0) is 14.2. The van der Waals surface area contributed by atoms with Crippen molar-refractivity contribution in [1.29, 1.82) is 5.26 Å². The van der Waals surface area contributed by atoms with Gasteiger partial charge < -0.3 is 10.2 Å². The van der Waals surface area contributed by atoms with Gasteiger partial charge >= 0.3 is 0 Å². The van der Waals surface area contributed by atoms with Crippen LogP contribution in [0.3, 0.4) is 0 Å². The first-order valence-electron chi connectivity index (χ1n) is 7.70. The van der Waals surface area contributed by atoms with Gasteiger partial charge in [-0.1, -0.05) is 25.1 Å². The Morgan fingerprint density at radius 1 is 1.30 bits per heavy atom. The Kier molecular flexibility index (Phi) is 6.04. The molecule has 1 fully saturated rings. The highest BCUT2D eigenvalue weighted by Gasteiger charge is 2.14. The fourth-order valence-electron chi connectivity index (χ4n) is 2.72. The number of nitrogens with one attached hydrogen (secondary N) is 1. The standard InChI is InChI=1S/C17H25N3/c1-15-7-11-20(12-8-15)10-4-9-19-14-17-6-3-2-5-16(17)13-18/h2-3,5-6,15,19H,4,7-12,14H2,1H3. The molecule has 1 saturated heterocycles. The van der Waals surface area contributed by atoms with Crippen molar-refractivity contribution in [2.45, 2.75) is 32.7 Å². The molecule has 20 heavy (non-hydrogen) atoms. The van der Waals surface area contributed by atoms with Gasteiger partial charge in [-0.15, -0.1) is 0 Å². The first kappa shape index (κ1) is 15.0. The Balaban J connectivity index is 1.61. The third-order valence-corrected chi connectivity index (χ3v) is 4.16. The summed E-state index contributed by atoms with van der Waals surface area (Å²) in [5, 5.41) is 12.5. The van der Waals surface area contributed by atoms with E-state index in [-0.39, 0.29) is 0 Å². The Morgan fingerprint density at radius 3 is 2.80 bits per heavy atom. The molecule has 1 heterocycles. The average Bonchev–Trinajstić information content (AvgIpc) is 2.49. The minimum absolute atomic E-state index is 0.782. The lowest BCUT2D eigenvalue weighted by Gasteiger charge is -2.30. The normalized spacial score (nSPS) is 17.0. The number of benzene rings is 1. The second-order valence-electron chi connectivity index (χ2n) is 5.82. The van der Waals surface area contributed by atoms with Crippen LogP contribution in [0.2, 0.25) is 0 Å². The fraction of sp³-hybridized carbons (Fsp3) is 0.588. The molecule has 1 aliphatic heterocycles. The van der Waals surface area contributed by atoms with Crippen LogP contribution in [0.5, 0.6) is 0 Å². The molecule has 1 aromatic rings. The summed E-state index contributed by atoms with van der Waals surface area (Å²) >= 11 is 0. The first-order valence-corrected chi connectivity index (χ1v) is 7.70. The number of nitrogens with zero attached hydrogens (tertiary/aromatic N) is 2. The lowest BCUT2D eigenvalue weighted by Crippen LogP contribution is -2.34. The van der Waals surface area contributed by atoms with Gasteiger partial charge in [0.05, 0.1) is 11.6 Å². The molecule has 0 aromatic heterocycles. The molecule has 0 radical (unpaired) electrons. The Labute approximate surface area is 122 Å². The predicted octanol–water partition coefficient (Wildman–Crippen LogP) is 2.77. The second kappa shape index (κ2) is 8.04. The molecule has 3 nitrogen and oxygen atoms in total. The summed E-state index contributed by atoms with van der Waals surface area (Å²) in [7, 11) is 0. The summed E-state index contributed by atoms with van der Waals surface area (Å²) in [5.74, 6) is 0.909. The van der Waals surface area contributed by atoms with Gasteiger partial charge in [0, 0.05) is 6.54 Å². The molecule has 0 amide bonds. The average molecular weight is 271 g/mol. The summed E-state index contributed by atoms with van der Waals surface area (Å²) < 4.78 is 0. The van der Waals surface area contributed by atoms with E-state index in [1.807, 2.05) is 24.3 Å². The number of hydrogen-bond donors (Lipinski definition) is 1. The predicted molar refractivity (Wildman–Crippen MR) is 82.3 cm³/mol. The first-order chi connectivity index (χ1) is 9.79. The third-order valence-electron chi connectivity index (χ3n) is 4.16. The topological polar surface area (TPSA) is 39.1 Å². The van der Waals surface area contributed by atoms with Crippen LogP contribution >= 0.6 is 0 Å². The van der Waals surface area contributed by atoms with Crippen molar-refractivity contribution in [2.24, 2.45) is 5.92 Å². The van der Waals surface area contributed by atoms with Crippen LogP contribution < -0.4 is 5.32 Å². The van der Waals surface area contributed by atoms with Crippen molar-refractivity contribution in [3.05, 3.63) is 35.4 Å². The van der Waals surface area contributed by atoms with Gasteiger partial charge in [-0.3, -0.25) is 0 Å². The molecule has 0 atom stereocenters. The van der Waals surface area contributed by atoms with E-state index < -0.39 is 0 Å². The SMILES string of the molecule is CC1CCN(CCCNCc2ccccc2C#N)CC1. The number of nitriles is 1. The van der Waals surface area contributed by atoms with Gasteiger partial charge in [-0.2, -0.15) is 5.26 Å². The smallest absolute Gasteiger partial charge is 0.0995 e. The van der Waals surface area contributed by atoms with Gasteiger partial charge in [0.1, 0.15) is 0 Å². The van der Waals surface area contributed by atoms with Crippen molar-refractivity contribution in [1.82, 2.24) is 10.2 Å². The lowest BCUT2D eigenvalue weighted by molar-refractivity contribution is 0.190. The largest absolute Gasteiger partial charge is 0.313 e. The molecule has 3 heteroatoms. The van der Waals surface area contributed by atoms with Crippen LogP contribution in [0.1, 0.15) is 37.3 Å². The molecule has 0 spiro atoms. The van der Waals surface area contributed by atoms with Gasteiger partial charge in [-0.25, -0.2) is 0 Å².